The van der Waals surface area contributed by atoms with Crippen molar-refractivity contribution in [1.82, 2.24) is 9.97 Å². The highest BCUT2D eigenvalue weighted by Gasteiger charge is 2.15. The molecule has 2 heterocycles. The summed E-state index contributed by atoms with van der Waals surface area (Å²) in [4.78, 5) is 7.83. The lowest BCUT2D eigenvalue weighted by Gasteiger charge is -1.92. The van der Waals surface area contributed by atoms with Gasteiger partial charge in [0.15, 0.2) is 5.58 Å². The lowest BCUT2D eigenvalue weighted by atomic mass is 10.2. The monoisotopic (exact) mass is 272 g/mol. The number of halogens is 3. The maximum Gasteiger partial charge on any atom is 0.233 e. The predicted molar refractivity (Wildman–Crippen MR) is 64.3 cm³/mol. The Kier molecular flexibility index (Phi) is 2.21. The summed E-state index contributed by atoms with van der Waals surface area (Å²) in [5.74, 6) is 0. The number of hydrogen-bond donors (Lipinski definition) is 0. The van der Waals surface area contributed by atoms with Crippen LogP contribution in [0.4, 0.5) is 0 Å². The van der Waals surface area contributed by atoms with E-state index in [-0.39, 0.29) is 10.4 Å². The number of fused-ring (bicyclic) bond motifs is 3. The van der Waals surface area contributed by atoms with Gasteiger partial charge in [0.1, 0.15) is 5.15 Å². The molecular formula is C10H3Cl3N2O. The van der Waals surface area contributed by atoms with E-state index >= 15 is 0 Å². The third-order valence-electron chi connectivity index (χ3n) is 2.24. The highest BCUT2D eigenvalue weighted by Crippen LogP contribution is 2.35. The van der Waals surface area contributed by atoms with Crippen molar-refractivity contribution >= 4 is 56.9 Å². The van der Waals surface area contributed by atoms with Crippen LogP contribution in [0.1, 0.15) is 0 Å². The summed E-state index contributed by atoms with van der Waals surface area (Å²) >= 11 is 17.7. The normalized spacial score (nSPS) is 11.4. The predicted octanol–water partition coefficient (Wildman–Crippen LogP) is 4.34. The van der Waals surface area contributed by atoms with E-state index in [1.165, 1.54) is 0 Å². The molecule has 3 aromatic rings. The molecule has 1 aromatic carbocycles. The van der Waals surface area contributed by atoms with Gasteiger partial charge in [-0.2, -0.15) is 4.98 Å². The minimum atomic E-state index is 0.0488. The fraction of sp³-hybridized carbons (Fsp3) is 0. The molecule has 2 aromatic heterocycles. The molecule has 0 saturated heterocycles. The van der Waals surface area contributed by atoms with Crippen LogP contribution in [-0.4, -0.2) is 9.97 Å². The van der Waals surface area contributed by atoms with E-state index < -0.39 is 0 Å². The number of rotatable bonds is 0. The summed E-state index contributed by atoms with van der Waals surface area (Å²) in [6, 6.07) is 5.38. The van der Waals surface area contributed by atoms with Crippen LogP contribution in [0.3, 0.4) is 0 Å². The van der Waals surface area contributed by atoms with Crippen molar-refractivity contribution in [2.75, 3.05) is 0 Å². The standard InChI is InChI=1S/C10H3Cl3N2O/c11-5-3-1-2-4-6-8(12)14-10(13)15-9(6)16-7(4)5/h1-3H. The second kappa shape index (κ2) is 3.48. The van der Waals surface area contributed by atoms with E-state index in [4.69, 9.17) is 39.2 Å². The largest absolute Gasteiger partial charge is 0.436 e. The van der Waals surface area contributed by atoms with Crippen LogP contribution in [0.5, 0.6) is 0 Å². The number of para-hydroxylation sites is 1. The Morgan fingerprint density at radius 2 is 1.88 bits per heavy atom. The summed E-state index contributed by atoms with van der Waals surface area (Å²) in [6.45, 7) is 0. The molecule has 0 fully saturated rings. The summed E-state index contributed by atoms with van der Waals surface area (Å²) < 4.78 is 5.49. The fourth-order valence-electron chi connectivity index (χ4n) is 1.60. The minimum absolute atomic E-state index is 0.0488. The van der Waals surface area contributed by atoms with E-state index in [0.29, 0.717) is 21.7 Å². The molecule has 3 nitrogen and oxygen atoms in total. The molecule has 0 saturated carbocycles. The molecule has 0 N–H and O–H groups in total. The highest BCUT2D eigenvalue weighted by atomic mass is 35.5. The van der Waals surface area contributed by atoms with E-state index in [1.54, 1.807) is 6.07 Å². The Morgan fingerprint density at radius 1 is 1.06 bits per heavy atom. The SMILES string of the molecule is Clc1nc(Cl)c2c(n1)oc1c(Cl)cccc12. The second-order valence-electron chi connectivity index (χ2n) is 3.18. The Hall–Kier alpha value is -1.03. The molecule has 0 unspecified atom stereocenters. The first-order chi connectivity index (χ1) is 7.66. The van der Waals surface area contributed by atoms with Crippen LogP contribution in [0.25, 0.3) is 22.1 Å². The molecule has 0 aliphatic heterocycles. The summed E-state index contributed by atoms with van der Waals surface area (Å²) in [6.07, 6.45) is 0. The van der Waals surface area contributed by atoms with Crippen molar-refractivity contribution < 1.29 is 4.42 Å². The first-order valence-electron chi connectivity index (χ1n) is 4.36. The molecule has 80 valence electrons. The summed E-state index contributed by atoms with van der Waals surface area (Å²) in [5, 5.41) is 2.22. The lowest BCUT2D eigenvalue weighted by molar-refractivity contribution is 0.653. The topological polar surface area (TPSA) is 38.9 Å². The van der Waals surface area contributed by atoms with Crippen molar-refractivity contribution in [3.8, 4) is 0 Å². The zero-order chi connectivity index (χ0) is 11.3. The Morgan fingerprint density at radius 3 is 2.69 bits per heavy atom. The number of furan rings is 1. The van der Waals surface area contributed by atoms with Gasteiger partial charge in [0.05, 0.1) is 10.4 Å². The molecule has 3 rings (SSSR count). The number of aromatic nitrogens is 2. The first-order valence-corrected chi connectivity index (χ1v) is 5.50. The van der Waals surface area contributed by atoms with Crippen molar-refractivity contribution in [3.05, 3.63) is 33.7 Å². The second-order valence-corrected chi connectivity index (χ2v) is 4.29. The smallest absolute Gasteiger partial charge is 0.233 e. The quantitative estimate of drug-likeness (QED) is 0.452. The Bertz CT molecular complexity index is 708. The first kappa shape index (κ1) is 10.1. The van der Waals surface area contributed by atoms with Crippen LogP contribution in [0.15, 0.2) is 22.6 Å². The van der Waals surface area contributed by atoms with Gasteiger partial charge in [0.2, 0.25) is 11.0 Å². The number of benzene rings is 1. The molecule has 0 aliphatic rings. The number of hydrogen-bond acceptors (Lipinski definition) is 3. The van der Waals surface area contributed by atoms with E-state index in [0.717, 1.165) is 5.39 Å². The summed E-state index contributed by atoms with van der Waals surface area (Å²) in [5.41, 5.74) is 0.880. The van der Waals surface area contributed by atoms with Crippen LogP contribution < -0.4 is 0 Å². The molecule has 0 bridgehead atoms. The molecule has 0 radical (unpaired) electrons. The third-order valence-corrected chi connectivity index (χ3v) is 2.98. The summed E-state index contributed by atoms with van der Waals surface area (Å²) in [7, 11) is 0. The maximum absolute atomic E-state index is 6.00. The molecule has 0 spiro atoms. The van der Waals surface area contributed by atoms with Gasteiger partial charge in [-0.15, -0.1) is 0 Å². The van der Waals surface area contributed by atoms with Crippen molar-refractivity contribution in [3.63, 3.8) is 0 Å². The van der Waals surface area contributed by atoms with Gasteiger partial charge in [0, 0.05) is 5.39 Å². The van der Waals surface area contributed by atoms with Crippen LogP contribution in [-0.2, 0) is 0 Å². The zero-order valence-electron chi connectivity index (χ0n) is 7.67. The van der Waals surface area contributed by atoms with Gasteiger partial charge in [-0.1, -0.05) is 35.3 Å². The van der Waals surface area contributed by atoms with Crippen molar-refractivity contribution in [2.24, 2.45) is 0 Å². The van der Waals surface area contributed by atoms with Gasteiger partial charge < -0.3 is 4.42 Å². The Balaban J connectivity index is 2.61. The van der Waals surface area contributed by atoms with Crippen LogP contribution in [0, 0.1) is 0 Å². The van der Waals surface area contributed by atoms with Crippen molar-refractivity contribution in [2.45, 2.75) is 0 Å². The number of nitrogens with zero attached hydrogens (tertiary/aromatic N) is 2. The van der Waals surface area contributed by atoms with E-state index in [2.05, 4.69) is 9.97 Å². The van der Waals surface area contributed by atoms with Crippen LogP contribution in [0.2, 0.25) is 15.5 Å². The van der Waals surface area contributed by atoms with Gasteiger partial charge in [-0.05, 0) is 17.7 Å². The Labute approximate surface area is 105 Å². The molecule has 6 heteroatoms. The molecule has 16 heavy (non-hydrogen) atoms. The van der Waals surface area contributed by atoms with Gasteiger partial charge in [-0.3, -0.25) is 0 Å². The molecule has 0 atom stereocenters. The van der Waals surface area contributed by atoms with Gasteiger partial charge >= 0.3 is 0 Å². The van der Waals surface area contributed by atoms with Gasteiger partial charge in [-0.25, -0.2) is 4.98 Å². The van der Waals surface area contributed by atoms with E-state index in [9.17, 15) is 0 Å². The highest BCUT2D eigenvalue weighted by molar-refractivity contribution is 6.39. The molecule has 0 amide bonds. The van der Waals surface area contributed by atoms with Gasteiger partial charge in [0.25, 0.3) is 0 Å². The van der Waals surface area contributed by atoms with Crippen molar-refractivity contribution in [1.29, 1.82) is 0 Å². The lowest BCUT2D eigenvalue weighted by Crippen LogP contribution is -1.82. The third kappa shape index (κ3) is 1.36. The molecular weight excluding hydrogens is 270 g/mol. The maximum atomic E-state index is 6.00. The average molecular weight is 274 g/mol. The zero-order valence-corrected chi connectivity index (χ0v) is 9.94. The molecule has 0 aliphatic carbocycles. The fourth-order valence-corrected chi connectivity index (χ4v) is 2.28. The van der Waals surface area contributed by atoms with E-state index in [1.807, 2.05) is 12.1 Å². The van der Waals surface area contributed by atoms with Crippen LogP contribution >= 0.6 is 34.8 Å². The minimum Gasteiger partial charge on any atom is -0.436 e. The average Bonchev–Trinajstić information content (AvgIpc) is 2.57.